The van der Waals surface area contributed by atoms with Gasteiger partial charge in [0.15, 0.2) is 0 Å². The predicted octanol–water partition coefficient (Wildman–Crippen LogP) is 2.09. The molecule has 0 radical (unpaired) electrons. The van der Waals surface area contributed by atoms with Crippen LogP contribution in [-0.2, 0) is 0 Å². The fourth-order valence-electron chi connectivity index (χ4n) is 2.05. The summed E-state index contributed by atoms with van der Waals surface area (Å²) in [6.45, 7) is 0. The molecule has 0 aliphatic heterocycles. The zero-order valence-corrected chi connectivity index (χ0v) is 9.24. The molecule has 1 aliphatic rings. The zero-order valence-electron chi connectivity index (χ0n) is 9.24. The van der Waals surface area contributed by atoms with Gasteiger partial charge in [-0.05, 0) is 24.3 Å². The molecule has 1 aromatic heterocycles. The van der Waals surface area contributed by atoms with Crippen molar-refractivity contribution in [1.82, 2.24) is 4.98 Å². The molecule has 1 aliphatic carbocycles. The third kappa shape index (κ3) is 1.48. The highest BCUT2D eigenvalue weighted by atomic mass is 16.6. The monoisotopic (exact) mass is 240 g/mol. The number of para-hydroxylation sites is 1. The highest BCUT2D eigenvalue weighted by Crippen LogP contribution is 2.23. The average Bonchev–Trinajstić information content (AvgIpc) is 2.37. The number of hydrogen-bond donors (Lipinski definition) is 0. The van der Waals surface area contributed by atoms with E-state index in [0.29, 0.717) is 11.3 Å². The van der Waals surface area contributed by atoms with Gasteiger partial charge < -0.3 is 0 Å². The standard InChI is InChI=1S/C13H8N2O3/c16-13-9-7-8-3-1-2-4-10(8)14-11(9)5-6-12(13)15(17)18/h1-7,12H. The summed E-state index contributed by atoms with van der Waals surface area (Å²) in [5.41, 5.74) is 1.59. The molecule has 0 bridgehead atoms. The van der Waals surface area contributed by atoms with Gasteiger partial charge in [0, 0.05) is 10.3 Å². The van der Waals surface area contributed by atoms with Crippen LogP contribution in [0.3, 0.4) is 0 Å². The molecule has 0 saturated heterocycles. The summed E-state index contributed by atoms with van der Waals surface area (Å²) in [5.74, 6) is -0.504. The van der Waals surface area contributed by atoms with E-state index in [9.17, 15) is 14.9 Å². The molecule has 3 rings (SSSR count). The minimum atomic E-state index is -1.29. The molecule has 1 unspecified atom stereocenters. The van der Waals surface area contributed by atoms with Gasteiger partial charge in [0.25, 0.3) is 6.04 Å². The van der Waals surface area contributed by atoms with E-state index in [-0.39, 0.29) is 0 Å². The number of nitrogens with zero attached hydrogens (tertiary/aromatic N) is 2. The third-order valence-corrected chi connectivity index (χ3v) is 2.95. The van der Waals surface area contributed by atoms with Crippen molar-refractivity contribution in [3.63, 3.8) is 0 Å². The van der Waals surface area contributed by atoms with E-state index in [4.69, 9.17) is 0 Å². The Balaban J connectivity index is 2.23. The van der Waals surface area contributed by atoms with Gasteiger partial charge in [-0.1, -0.05) is 18.2 Å². The molecule has 0 amide bonds. The van der Waals surface area contributed by atoms with E-state index in [0.717, 1.165) is 10.9 Å². The molecule has 1 heterocycles. The van der Waals surface area contributed by atoms with Gasteiger partial charge in [-0.25, -0.2) is 4.98 Å². The molecule has 88 valence electrons. The van der Waals surface area contributed by atoms with Crippen LogP contribution in [0.2, 0.25) is 0 Å². The van der Waals surface area contributed by atoms with E-state index >= 15 is 0 Å². The lowest BCUT2D eigenvalue weighted by Crippen LogP contribution is -2.30. The number of Topliss-reactive ketones (excluding diaryl/α,β-unsaturated/α-hetero) is 1. The summed E-state index contributed by atoms with van der Waals surface area (Å²) in [4.78, 5) is 26.5. The molecular formula is C13H8N2O3. The molecule has 1 atom stereocenters. The van der Waals surface area contributed by atoms with Crippen LogP contribution in [0, 0.1) is 10.1 Å². The second kappa shape index (κ2) is 3.73. The molecule has 5 nitrogen and oxygen atoms in total. The minimum absolute atomic E-state index is 0.318. The van der Waals surface area contributed by atoms with Crippen LogP contribution in [0.4, 0.5) is 0 Å². The molecular weight excluding hydrogens is 232 g/mol. The average molecular weight is 240 g/mol. The number of aromatic nitrogens is 1. The fourth-order valence-corrected chi connectivity index (χ4v) is 2.05. The lowest BCUT2D eigenvalue weighted by Gasteiger charge is -2.12. The topological polar surface area (TPSA) is 73.1 Å². The quantitative estimate of drug-likeness (QED) is 0.565. The first-order valence-corrected chi connectivity index (χ1v) is 5.42. The Hall–Kier alpha value is -2.56. The van der Waals surface area contributed by atoms with Crippen LogP contribution in [0.15, 0.2) is 36.4 Å². The van der Waals surface area contributed by atoms with Crippen molar-refractivity contribution in [2.45, 2.75) is 6.04 Å². The number of nitro groups is 1. The SMILES string of the molecule is O=C1c2cc3ccccc3nc2C=CC1[N+](=O)[O-]. The second-order valence-corrected chi connectivity index (χ2v) is 4.07. The summed E-state index contributed by atoms with van der Waals surface area (Å²) in [6, 6.07) is 7.74. The number of carbonyl (C=O) groups is 1. The van der Waals surface area contributed by atoms with Crippen LogP contribution in [0.25, 0.3) is 17.0 Å². The van der Waals surface area contributed by atoms with Crippen molar-refractivity contribution >= 4 is 22.8 Å². The fraction of sp³-hybridized carbons (Fsp3) is 0.0769. The molecule has 18 heavy (non-hydrogen) atoms. The van der Waals surface area contributed by atoms with Crippen LogP contribution in [0.1, 0.15) is 16.1 Å². The van der Waals surface area contributed by atoms with Gasteiger partial charge in [0.1, 0.15) is 0 Å². The van der Waals surface area contributed by atoms with Gasteiger partial charge in [-0.15, -0.1) is 0 Å². The van der Waals surface area contributed by atoms with Crippen molar-refractivity contribution in [3.05, 3.63) is 57.8 Å². The first-order chi connectivity index (χ1) is 8.66. The Morgan fingerprint density at radius 3 is 2.83 bits per heavy atom. The lowest BCUT2D eigenvalue weighted by molar-refractivity contribution is -0.492. The van der Waals surface area contributed by atoms with Crippen molar-refractivity contribution in [3.8, 4) is 0 Å². The maximum Gasteiger partial charge on any atom is 0.293 e. The maximum absolute atomic E-state index is 12.0. The Labute approximate surface area is 102 Å². The first kappa shape index (κ1) is 10.6. The molecule has 0 spiro atoms. The Morgan fingerprint density at radius 1 is 1.28 bits per heavy atom. The van der Waals surface area contributed by atoms with E-state index < -0.39 is 16.7 Å². The summed E-state index contributed by atoms with van der Waals surface area (Å²) < 4.78 is 0. The van der Waals surface area contributed by atoms with Crippen LogP contribution < -0.4 is 0 Å². The van der Waals surface area contributed by atoms with Crippen molar-refractivity contribution in [1.29, 1.82) is 0 Å². The highest BCUT2D eigenvalue weighted by molar-refractivity contribution is 6.07. The summed E-state index contributed by atoms with van der Waals surface area (Å²) in [7, 11) is 0. The number of hydrogen-bond acceptors (Lipinski definition) is 4. The lowest BCUT2D eigenvalue weighted by atomic mass is 9.95. The van der Waals surface area contributed by atoms with Crippen molar-refractivity contribution in [2.75, 3.05) is 0 Å². The largest absolute Gasteiger partial charge is 0.293 e. The first-order valence-electron chi connectivity index (χ1n) is 5.42. The number of rotatable bonds is 1. The van der Waals surface area contributed by atoms with E-state index in [2.05, 4.69) is 4.98 Å². The Kier molecular flexibility index (Phi) is 2.19. The summed E-state index contributed by atoms with van der Waals surface area (Å²) >= 11 is 0. The van der Waals surface area contributed by atoms with Gasteiger partial charge in [-0.2, -0.15) is 0 Å². The number of fused-ring (bicyclic) bond motifs is 2. The number of carbonyl (C=O) groups excluding carboxylic acids is 1. The van der Waals surface area contributed by atoms with Crippen LogP contribution in [0.5, 0.6) is 0 Å². The van der Waals surface area contributed by atoms with E-state index in [1.54, 1.807) is 6.07 Å². The van der Waals surface area contributed by atoms with Crippen molar-refractivity contribution in [2.24, 2.45) is 0 Å². The molecule has 0 saturated carbocycles. The van der Waals surface area contributed by atoms with E-state index in [1.807, 2.05) is 24.3 Å². The zero-order chi connectivity index (χ0) is 12.7. The number of benzene rings is 1. The second-order valence-electron chi connectivity index (χ2n) is 4.07. The van der Waals surface area contributed by atoms with Gasteiger partial charge in [0.2, 0.25) is 5.78 Å². The highest BCUT2D eigenvalue weighted by Gasteiger charge is 2.33. The Morgan fingerprint density at radius 2 is 2.06 bits per heavy atom. The molecule has 0 N–H and O–H groups in total. The number of pyridine rings is 1. The molecule has 0 fully saturated rings. The summed E-state index contributed by atoms with van der Waals surface area (Å²) in [6.07, 6.45) is 2.82. The molecule has 5 heteroatoms. The van der Waals surface area contributed by atoms with Gasteiger partial charge in [-0.3, -0.25) is 14.9 Å². The van der Waals surface area contributed by atoms with Crippen LogP contribution >= 0.6 is 0 Å². The molecule has 2 aromatic rings. The van der Waals surface area contributed by atoms with E-state index in [1.165, 1.54) is 12.2 Å². The maximum atomic E-state index is 12.0. The predicted molar refractivity (Wildman–Crippen MR) is 65.9 cm³/mol. The summed E-state index contributed by atoms with van der Waals surface area (Å²) in [5, 5.41) is 11.6. The van der Waals surface area contributed by atoms with Crippen molar-refractivity contribution < 1.29 is 9.72 Å². The minimum Gasteiger partial charge on any atom is -0.286 e. The Bertz CT molecular complexity index is 706. The molecule has 1 aromatic carbocycles. The smallest absolute Gasteiger partial charge is 0.286 e. The number of ketones is 1. The van der Waals surface area contributed by atoms with Gasteiger partial charge in [0.05, 0.1) is 16.8 Å². The third-order valence-electron chi connectivity index (χ3n) is 2.95. The normalized spacial score (nSPS) is 17.8. The van der Waals surface area contributed by atoms with Gasteiger partial charge >= 0.3 is 0 Å². The van der Waals surface area contributed by atoms with Crippen LogP contribution in [-0.4, -0.2) is 21.7 Å².